The summed E-state index contributed by atoms with van der Waals surface area (Å²) in [7, 11) is 1.57. The van der Waals surface area contributed by atoms with Crippen LogP contribution in [-0.4, -0.2) is 19.8 Å². The number of nitriles is 1. The van der Waals surface area contributed by atoms with Gasteiger partial charge in [0.05, 0.1) is 12.1 Å². The third-order valence-corrected chi connectivity index (χ3v) is 2.78. The Bertz CT molecular complexity index is 451. The molecule has 0 heterocycles. The summed E-state index contributed by atoms with van der Waals surface area (Å²) < 4.78 is 10.1. The Labute approximate surface area is 119 Å². The number of rotatable bonds is 8. The zero-order valence-corrected chi connectivity index (χ0v) is 11.9. The second-order valence-corrected chi connectivity index (χ2v) is 4.36. The summed E-state index contributed by atoms with van der Waals surface area (Å²) in [6.45, 7) is 2.26. The lowest BCUT2D eigenvalue weighted by molar-refractivity contribution is -0.120. The molecule has 0 aromatic heterocycles. The molecule has 0 aliphatic carbocycles. The van der Waals surface area contributed by atoms with Crippen molar-refractivity contribution >= 4 is 5.91 Å². The van der Waals surface area contributed by atoms with Gasteiger partial charge in [0, 0.05) is 7.11 Å². The molecule has 0 radical (unpaired) electrons. The van der Waals surface area contributed by atoms with E-state index < -0.39 is 0 Å². The maximum atomic E-state index is 11.5. The molecule has 108 valence electrons. The number of carbonyl (C=O) groups is 1. The molecule has 0 fully saturated rings. The van der Waals surface area contributed by atoms with Crippen molar-refractivity contribution in [2.24, 2.45) is 0 Å². The molecule has 0 aliphatic heterocycles. The molecule has 20 heavy (non-hydrogen) atoms. The molecule has 1 amide bonds. The maximum Gasteiger partial charge on any atom is 0.234 e. The molecule has 0 bridgehead atoms. The normalized spacial score (nSPS) is 11.4. The highest BCUT2D eigenvalue weighted by molar-refractivity contribution is 5.78. The lowest BCUT2D eigenvalue weighted by Crippen LogP contribution is -2.27. The van der Waals surface area contributed by atoms with E-state index in [1.807, 2.05) is 30.3 Å². The molecule has 1 N–H and O–H groups in total. The van der Waals surface area contributed by atoms with Crippen molar-refractivity contribution in [2.75, 3.05) is 13.9 Å². The Balaban J connectivity index is 2.71. The molecule has 0 saturated carbocycles. The first-order valence-electron chi connectivity index (χ1n) is 6.59. The molecule has 1 atom stereocenters. The van der Waals surface area contributed by atoms with E-state index in [2.05, 4.69) is 12.2 Å². The van der Waals surface area contributed by atoms with Crippen molar-refractivity contribution in [3.8, 4) is 11.8 Å². The first-order chi connectivity index (χ1) is 9.71. The highest BCUT2D eigenvalue weighted by atomic mass is 16.7. The van der Waals surface area contributed by atoms with Gasteiger partial charge >= 0.3 is 0 Å². The summed E-state index contributed by atoms with van der Waals surface area (Å²) in [6.07, 6.45) is 1.66. The van der Waals surface area contributed by atoms with Crippen molar-refractivity contribution in [1.82, 2.24) is 5.32 Å². The quantitative estimate of drug-likeness (QED) is 0.741. The zero-order valence-electron chi connectivity index (χ0n) is 11.9. The van der Waals surface area contributed by atoms with Gasteiger partial charge < -0.3 is 14.8 Å². The summed E-state index contributed by atoms with van der Waals surface area (Å²) in [5.74, 6) is 0.472. The lowest BCUT2D eigenvalue weighted by atomic mass is 10.0. The van der Waals surface area contributed by atoms with Crippen molar-refractivity contribution in [3.63, 3.8) is 0 Å². The van der Waals surface area contributed by atoms with E-state index in [0.717, 1.165) is 18.4 Å². The molecular weight excluding hydrogens is 256 g/mol. The van der Waals surface area contributed by atoms with Crippen molar-refractivity contribution in [2.45, 2.75) is 32.2 Å². The summed E-state index contributed by atoms with van der Waals surface area (Å²) in [4.78, 5) is 11.5. The van der Waals surface area contributed by atoms with Crippen LogP contribution < -0.4 is 10.1 Å². The van der Waals surface area contributed by atoms with Gasteiger partial charge in [0.25, 0.3) is 0 Å². The second-order valence-electron chi connectivity index (χ2n) is 4.36. The zero-order chi connectivity index (χ0) is 14.8. The maximum absolute atomic E-state index is 11.5. The highest BCUT2D eigenvalue weighted by Crippen LogP contribution is 2.21. The van der Waals surface area contributed by atoms with E-state index in [1.54, 1.807) is 7.11 Å². The van der Waals surface area contributed by atoms with Gasteiger partial charge in [-0.1, -0.05) is 25.5 Å². The number of amides is 1. The smallest absolute Gasteiger partial charge is 0.234 e. The topological polar surface area (TPSA) is 71.4 Å². The summed E-state index contributed by atoms with van der Waals surface area (Å²) in [5, 5.41) is 11.4. The minimum Gasteiger partial charge on any atom is -0.468 e. The van der Waals surface area contributed by atoms with Crippen LogP contribution in [-0.2, 0) is 9.53 Å². The Morgan fingerprint density at radius 2 is 2.10 bits per heavy atom. The number of nitrogens with zero attached hydrogens (tertiary/aromatic N) is 1. The Kier molecular flexibility index (Phi) is 7.15. The number of methoxy groups -OCH3 is 1. The van der Waals surface area contributed by atoms with Gasteiger partial charge in [-0.25, -0.2) is 0 Å². The monoisotopic (exact) mass is 276 g/mol. The molecule has 1 aromatic carbocycles. The van der Waals surface area contributed by atoms with Crippen LogP contribution in [0.2, 0.25) is 0 Å². The van der Waals surface area contributed by atoms with Crippen molar-refractivity contribution in [1.29, 1.82) is 5.26 Å². The van der Waals surface area contributed by atoms with Gasteiger partial charge in [-0.15, -0.1) is 0 Å². The third kappa shape index (κ3) is 5.29. The molecular formula is C15H20N2O3. The first kappa shape index (κ1) is 16.0. The largest absolute Gasteiger partial charge is 0.468 e. The van der Waals surface area contributed by atoms with Crippen LogP contribution in [0.25, 0.3) is 0 Å². The molecule has 1 rings (SSSR count). The predicted molar refractivity (Wildman–Crippen MR) is 75.0 cm³/mol. The Morgan fingerprint density at radius 3 is 2.65 bits per heavy atom. The van der Waals surface area contributed by atoms with E-state index >= 15 is 0 Å². The summed E-state index contributed by atoms with van der Waals surface area (Å²) in [6, 6.07) is 9.29. The number of hydrogen-bond donors (Lipinski definition) is 1. The molecule has 1 aromatic rings. The molecule has 0 saturated heterocycles. The van der Waals surface area contributed by atoms with Gasteiger partial charge in [-0.3, -0.25) is 4.79 Å². The van der Waals surface area contributed by atoms with Gasteiger partial charge in [0.15, 0.2) is 6.79 Å². The first-order valence-corrected chi connectivity index (χ1v) is 6.59. The lowest BCUT2D eigenvalue weighted by Gasteiger charge is -2.18. The number of benzene rings is 1. The number of ether oxygens (including phenoxy) is 2. The number of nitrogens with one attached hydrogen (secondary N) is 1. The van der Waals surface area contributed by atoms with Gasteiger partial charge in [0.1, 0.15) is 12.2 Å². The van der Waals surface area contributed by atoms with Gasteiger partial charge in [-0.2, -0.15) is 5.26 Å². The fourth-order valence-electron chi connectivity index (χ4n) is 1.85. The molecule has 5 nitrogen and oxygen atoms in total. The summed E-state index contributed by atoms with van der Waals surface area (Å²) >= 11 is 0. The molecule has 1 unspecified atom stereocenters. The van der Waals surface area contributed by atoms with Crippen LogP contribution in [0, 0.1) is 11.3 Å². The molecule has 5 heteroatoms. The highest BCUT2D eigenvalue weighted by Gasteiger charge is 2.13. The van der Waals surface area contributed by atoms with Crippen LogP contribution in [0.15, 0.2) is 24.3 Å². The van der Waals surface area contributed by atoms with Gasteiger partial charge in [0.2, 0.25) is 5.91 Å². The average Bonchev–Trinajstić information content (AvgIpc) is 2.45. The van der Waals surface area contributed by atoms with E-state index in [4.69, 9.17) is 14.7 Å². The SMILES string of the molecule is CCCC(NC(=O)CC#N)c1ccc(OCOC)cc1. The average molecular weight is 276 g/mol. The van der Waals surface area contributed by atoms with E-state index in [9.17, 15) is 4.79 Å². The number of carbonyl (C=O) groups excluding carboxylic acids is 1. The van der Waals surface area contributed by atoms with E-state index in [1.165, 1.54) is 0 Å². The van der Waals surface area contributed by atoms with Gasteiger partial charge in [-0.05, 0) is 24.1 Å². The fourth-order valence-corrected chi connectivity index (χ4v) is 1.85. The van der Waals surface area contributed by atoms with E-state index in [0.29, 0.717) is 5.75 Å². The minimum absolute atomic E-state index is 0.0719. The molecule has 0 spiro atoms. The minimum atomic E-state index is -0.245. The Morgan fingerprint density at radius 1 is 1.40 bits per heavy atom. The van der Waals surface area contributed by atoms with Crippen molar-refractivity contribution < 1.29 is 14.3 Å². The van der Waals surface area contributed by atoms with Crippen LogP contribution in [0.1, 0.15) is 37.8 Å². The predicted octanol–water partition coefficient (Wildman–Crippen LogP) is 2.54. The molecule has 0 aliphatic rings. The fraction of sp³-hybridized carbons (Fsp3) is 0.467. The van der Waals surface area contributed by atoms with E-state index in [-0.39, 0.29) is 25.2 Å². The third-order valence-electron chi connectivity index (χ3n) is 2.78. The Hall–Kier alpha value is -2.06. The van der Waals surface area contributed by atoms with Crippen LogP contribution in [0.3, 0.4) is 0 Å². The van der Waals surface area contributed by atoms with Crippen molar-refractivity contribution in [3.05, 3.63) is 29.8 Å². The second kappa shape index (κ2) is 8.94. The standard InChI is InChI=1S/C15H20N2O3/c1-3-4-14(17-15(18)9-10-16)12-5-7-13(8-6-12)20-11-19-2/h5-8,14H,3-4,9,11H2,1-2H3,(H,17,18). The van der Waals surface area contributed by atoms with Crippen LogP contribution in [0.4, 0.5) is 0 Å². The summed E-state index contributed by atoms with van der Waals surface area (Å²) in [5.41, 5.74) is 1.00. The number of hydrogen-bond acceptors (Lipinski definition) is 4. The van der Waals surface area contributed by atoms with Crippen LogP contribution >= 0.6 is 0 Å². The van der Waals surface area contributed by atoms with Crippen LogP contribution in [0.5, 0.6) is 5.75 Å².